The summed E-state index contributed by atoms with van der Waals surface area (Å²) < 4.78 is 0. The lowest BCUT2D eigenvalue weighted by Gasteiger charge is -2.25. The second-order valence-corrected chi connectivity index (χ2v) is 5.13. The average Bonchev–Trinajstić information content (AvgIpc) is 2.78. The van der Waals surface area contributed by atoms with Gasteiger partial charge in [-0.3, -0.25) is 19.5 Å². The van der Waals surface area contributed by atoms with Crippen LogP contribution in [0.5, 0.6) is 0 Å². The van der Waals surface area contributed by atoms with Gasteiger partial charge in [0.15, 0.2) is 0 Å². The summed E-state index contributed by atoms with van der Waals surface area (Å²) in [6.45, 7) is 1.99. The number of amides is 2. The number of fused-ring (bicyclic) bond motifs is 1. The standard InChI is InChI=1S/C17H16N2O2/c1-2-13(11-12-7-4-3-5-8-12)19-16(20)14-9-6-10-18-15(14)17(19)21/h3-10,13H,2,11H2,1H3. The fourth-order valence-electron chi connectivity index (χ4n) is 2.72. The highest BCUT2D eigenvalue weighted by atomic mass is 16.2. The summed E-state index contributed by atoms with van der Waals surface area (Å²) in [5.74, 6) is -0.510. The molecule has 1 aliphatic heterocycles. The largest absolute Gasteiger partial charge is 0.280 e. The zero-order valence-electron chi connectivity index (χ0n) is 11.8. The number of carbonyl (C=O) groups is 2. The zero-order chi connectivity index (χ0) is 14.8. The van der Waals surface area contributed by atoms with Crippen LogP contribution >= 0.6 is 0 Å². The smallest absolute Gasteiger partial charge is 0.269 e. The van der Waals surface area contributed by atoms with Gasteiger partial charge in [0.25, 0.3) is 11.8 Å². The first kappa shape index (κ1) is 13.5. The second-order valence-electron chi connectivity index (χ2n) is 5.13. The van der Waals surface area contributed by atoms with Crippen molar-refractivity contribution in [2.45, 2.75) is 25.8 Å². The minimum Gasteiger partial charge on any atom is -0.269 e. The Balaban J connectivity index is 1.89. The van der Waals surface area contributed by atoms with Crippen molar-refractivity contribution in [2.24, 2.45) is 0 Å². The van der Waals surface area contributed by atoms with E-state index < -0.39 is 0 Å². The zero-order valence-corrected chi connectivity index (χ0v) is 11.8. The molecule has 1 unspecified atom stereocenters. The molecule has 0 fully saturated rings. The van der Waals surface area contributed by atoms with Crippen molar-refractivity contribution in [1.29, 1.82) is 0 Å². The Morgan fingerprint density at radius 1 is 1.05 bits per heavy atom. The summed E-state index contributed by atoms with van der Waals surface area (Å²) in [6.07, 6.45) is 2.94. The van der Waals surface area contributed by atoms with Crippen molar-refractivity contribution in [2.75, 3.05) is 0 Å². The summed E-state index contributed by atoms with van der Waals surface area (Å²) in [5.41, 5.74) is 1.80. The fourth-order valence-corrected chi connectivity index (χ4v) is 2.72. The molecule has 0 spiro atoms. The predicted octanol–water partition coefficient (Wildman–Crippen LogP) is 2.70. The number of pyridine rings is 1. The molecule has 0 saturated heterocycles. The van der Waals surface area contributed by atoms with Crippen molar-refractivity contribution >= 4 is 11.8 Å². The first-order chi connectivity index (χ1) is 10.2. The molecule has 1 atom stereocenters. The molecule has 0 radical (unpaired) electrons. The Kier molecular flexibility index (Phi) is 3.52. The molecule has 2 heterocycles. The van der Waals surface area contributed by atoms with E-state index in [1.807, 2.05) is 37.3 Å². The van der Waals surface area contributed by atoms with Gasteiger partial charge in [-0.15, -0.1) is 0 Å². The van der Waals surface area contributed by atoms with Crippen LogP contribution in [0.1, 0.15) is 39.8 Å². The van der Waals surface area contributed by atoms with Gasteiger partial charge in [-0.2, -0.15) is 0 Å². The molecule has 0 bridgehead atoms. The number of rotatable bonds is 4. The molecule has 4 nitrogen and oxygen atoms in total. The van der Waals surface area contributed by atoms with Crippen molar-refractivity contribution in [3.05, 3.63) is 65.5 Å². The maximum absolute atomic E-state index is 12.5. The van der Waals surface area contributed by atoms with Crippen molar-refractivity contribution < 1.29 is 9.59 Å². The van der Waals surface area contributed by atoms with E-state index in [0.29, 0.717) is 12.0 Å². The van der Waals surface area contributed by atoms with Crippen LogP contribution in [0.25, 0.3) is 0 Å². The molecule has 2 aromatic rings. The molecule has 4 heteroatoms. The molecule has 0 N–H and O–H groups in total. The first-order valence-electron chi connectivity index (χ1n) is 7.09. The minimum absolute atomic E-state index is 0.137. The summed E-state index contributed by atoms with van der Waals surface area (Å²) in [6, 6.07) is 13.1. The average molecular weight is 280 g/mol. The third-order valence-electron chi connectivity index (χ3n) is 3.83. The van der Waals surface area contributed by atoms with Crippen LogP contribution in [-0.4, -0.2) is 27.7 Å². The molecule has 3 rings (SSSR count). The molecule has 0 aliphatic carbocycles. The molecule has 1 aromatic heterocycles. The summed E-state index contributed by atoms with van der Waals surface area (Å²) in [5, 5.41) is 0. The lowest BCUT2D eigenvalue weighted by atomic mass is 10.0. The molecule has 1 aliphatic rings. The van der Waals surface area contributed by atoms with Crippen molar-refractivity contribution in [1.82, 2.24) is 9.88 Å². The number of imide groups is 1. The highest BCUT2D eigenvalue weighted by molar-refractivity contribution is 6.20. The number of benzene rings is 1. The quantitative estimate of drug-likeness (QED) is 0.809. The van der Waals surface area contributed by atoms with Crippen LogP contribution in [-0.2, 0) is 6.42 Å². The van der Waals surface area contributed by atoms with Gasteiger partial charge >= 0.3 is 0 Å². The highest BCUT2D eigenvalue weighted by Gasteiger charge is 2.40. The van der Waals surface area contributed by atoms with Gasteiger partial charge < -0.3 is 0 Å². The van der Waals surface area contributed by atoms with Crippen LogP contribution in [0.3, 0.4) is 0 Å². The number of hydrogen-bond donors (Lipinski definition) is 0. The highest BCUT2D eigenvalue weighted by Crippen LogP contribution is 2.25. The monoisotopic (exact) mass is 280 g/mol. The van der Waals surface area contributed by atoms with E-state index in [-0.39, 0.29) is 23.6 Å². The Labute approximate surface area is 123 Å². The molecular formula is C17H16N2O2. The third kappa shape index (κ3) is 2.33. The van der Waals surface area contributed by atoms with Gasteiger partial charge in [0, 0.05) is 12.2 Å². The molecule has 106 valence electrons. The Morgan fingerprint density at radius 2 is 1.81 bits per heavy atom. The number of aromatic nitrogens is 1. The third-order valence-corrected chi connectivity index (χ3v) is 3.83. The van der Waals surface area contributed by atoms with Crippen LogP contribution in [0, 0.1) is 0 Å². The Morgan fingerprint density at radius 3 is 2.48 bits per heavy atom. The number of hydrogen-bond acceptors (Lipinski definition) is 3. The lowest BCUT2D eigenvalue weighted by Crippen LogP contribution is -2.40. The Hall–Kier alpha value is -2.49. The van der Waals surface area contributed by atoms with Gasteiger partial charge in [-0.05, 0) is 30.5 Å². The van der Waals surface area contributed by atoms with Gasteiger partial charge in [0.05, 0.1) is 5.56 Å². The van der Waals surface area contributed by atoms with Crippen LogP contribution in [0.15, 0.2) is 48.7 Å². The van der Waals surface area contributed by atoms with Crippen LogP contribution in [0.2, 0.25) is 0 Å². The van der Waals surface area contributed by atoms with Gasteiger partial charge in [0.2, 0.25) is 0 Å². The van der Waals surface area contributed by atoms with E-state index in [4.69, 9.17) is 0 Å². The molecular weight excluding hydrogens is 264 g/mol. The van der Waals surface area contributed by atoms with Gasteiger partial charge in [-0.1, -0.05) is 37.3 Å². The normalized spacial score (nSPS) is 15.2. The topological polar surface area (TPSA) is 50.3 Å². The lowest BCUT2D eigenvalue weighted by molar-refractivity contribution is 0.0577. The maximum atomic E-state index is 12.5. The van der Waals surface area contributed by atoms with E-state index in [2.05, 4.69) is 4.98 Å². The minimum atomic E-state index is -0.279. The van der Waals surface area contributed by atoms with E-state index >= 15 is 0 Å². The maximum Gasteiger partial charge on any atom is 0.280 e. The summed E-state index contributed by atoms with van der Waals surface area (Å²) >= 11 is 0. The van der Waals surface area contributed by atoms with Crippen LogP contribution in [0.4, 0.5) is 0 Å². The SMILES string of the molecule is CCC(Cc1ccccc1)N1C(=O)c2cccnc2C1=O. The fraction of sp³-hybridized carbons (Fsp3) is 0.235. The molecule has 21 heavy (non-hydrogen) atoms. The number of carbonyl (C=O) groups excluding carboxylic acids is 2. The van der Waals surface area contributed by atoms with Crippen molar-refractivity contribution in [3.63, 3.8) is 0 Å². The van der Waals surface area contributed by atoms with Crippen molar-refractivity contribution in [3.8, 4) is 0 Å². The Bertz CT molecular complexity index is 647. The summed E-state index contributed by atoms with van der Waals surface area (Å²) in [4.78, 5) is 30.3. The van der Waals surface area contributed by atoms with E-state index in [1.54, 1.807) is 18.3 Å². The van der Waals surface area contributed by atoms with E-state index in [1.165, 1.54) is 4.90 Å². The number of nitrogens with zero attached hydrogens (tertiary/aromatic N) is 2. The summed E-state index contributed by atoms with van der Waals surface area (Å²) in [7, 11) is 0. The molecule has 0 saturated carbocycles. The second kappa shape index (κ2) is 5.48. The molecule has 1 aromatic carbocycles. The van der Waals surface area contributed by atoms with Gasteiger partial charge in [0.1, 0.15) is 5.69 Å². The van der Waals surface area contributed by atoms with E-state index in [0.717, 1.165) is 12.0 Å². The van der Waals surface area contributed by atoms with Crippen LogP contribution < -0.4 is 0 Å². The predicted molar refractivity (Wildman–Crippen MR) is 79.0 cm³/mol. The first-order valence-corrected chi connectivity index (χ1v) is 7.09. The molecule has 2 amide bonds. The van der Waals surface area contributed by atoms with Gasteiger partial charge in [-0.25, -0.2) is 0 Å². The van der Waals surface area contributed by atoms with E-state index in [9.17, 15) is 9.59 Å².